The quantitative estimate of drug-likeness (QED) is 0.916. The second-order valence-electron chi connectivity index (χ2n) is 4.65. The van der Waals surface area contributed by atoms with E-state index >= 15 is 0 Å². The van der Waals surface area contributed by atoms with Crippen LogP contribution in [0.3, 0.4) is 0 Å². The summed E-state index contributed by atoms with van der Waals surface area (Å²) in [5, 5.41) is 7.39. The molecule has 2 aromatic rings. The van der Waals surface area contributed by atoms with Gasteiger partial charge in [-0.3, -0.25) is 4.68 Å². The van der Waals surface area contributed by atoms with Gasteiger partial charge < -0.3 is 10.1 Å². The molecule has 1 atom stereocenters. The predicted molar refractivity (Wildman–Crippen MR) is 72.8 cm³/mol. The van der Waals surface area contributed by atoms with Crippen molar-refractivity contribution in [1.82, 2.24) is 9.78 Å². The minimum Gasteiger partial charge on any atom is -0.378 e. The Kier molecular flexibility index (Phi) is 3.79. The maximum absolute atomic E-state index is 12.8. The highest BCUT2D eigenvalue weighted by Crippen LogP contribution is 2.17. The third-order valence-corrected chi connectivity index (χ3v) is 4.02. The fourth-order valence-corrected chi connectivity index (χ4v) is 2.85. The van der Waals surface area contributed by atoms with Crippen LogP contribution in [0.4, 0.5) is 10.1 Å². The SMILES string of the molecule is Fc1ccc(CNc2cnn(C[C@@H]3CCCO3)c2)s1. The molecule has 4 nitrogen and oxygen atoms in total. The van der Waals surface area contributed by atoms with E-state index < -0.39 is 0 Å². The molecule has 0 aliphatic carbocycles. The molecule has 0 saturated carbocycles. The summed E-state index contributed by atoms with van der Waals surface area (Å²) in [4.78, 5) is 0.976. The second kappa shape index (κ2) is 5.71. The lowest BCUT2D eigenvalue weighted by atomic mass is 10.2. The van der Waals surface area contributed by atoms with E-state index in [0.717, 1.165) is 47.9 Å². The summed E-state index contributed by atoms with van der Waals surface area (Å²) in [5.74, 6) is 0. The summed E-state index contributed by atoms with van der Waals surface area (Å²) < 4.78 is 20.3. The van der Waals surface area contributed by atoms with E-state index in [9.17, 15) is 4.39 Å². The predicted octanol–water partition coefficient (Wildman–Crippen LogP) is 2.87. The van der Waals surface area contributed by atoms with Crippen LogP contribution in [-0.4, -0.2) is 22.5 Å². The average molecular weight is 281 g/mol. The first-order valence-corrected chi connectivity index (χ1v) is 7.23. The summed E-state index contributed by atoms with van der Waals surface area (Å²) in [5.41, 5.74) is 0.951. The number of rotatable bonds is 5. The van der Waals surface area contributed by atoms with Gasteiger partial charge in [-0.1, -0.05) is 0 Å². The zero-order chi connectivity index (χ0) is 13.1. The van der Waals surface area contributed by atoms with Crippen LogP contribution in [0.2, 0.25) is 0 Å². The zero-order valence-electron chi connectivity index (χ0n) is 10.5. The number of anilines is 1. The van der Waals surface area contributed by atoms with Crippen molar-refractivity contribution in [3.63, 3.8) is 0 Å². The molecule has 1 fully saturated rings. The van der Waals surface area contributed by atoms with Crippen molar-refractivity contribution in [2.24, 2.45) is 0 Å². The molecular formula is C13H16FN3OS. The first kappa shape index (κ1) is 12.6. The summed E-state index contributed by atoms with van der Waals surface area (Å²) in [6, 6.07) is 3.28. The lowest BCUT2D eigenvalue weighted by Crippen LogP contribution is -2.15. The lowest BCUT2D eigenvalue weighted by molar-refractivity contribution is 0.0940. The lowest BCUT2D eigenvalue weighted by Gasteiger charge is -2.08. The van der Waals surface area contributed by atoms with Gasteiger partial charge in [0.2, 0.25) is 0 Å². The van der Waals surface area contributed by atoms with Gasteiger partial charge in [0.15, 0.2) is 5.13 Å². The first-order chi connectivity index (χ1) is 9.29. The van der Waals surface area contributed by atoms with Gasteiger partial charge >= 0.3 is 0 Å². The van der Waals surface area contributed by atoms with Crippen molar-refractivity contribution in [3.05, 3.63) is 34.5 Å². The Bertz CT molecular complexity index is 533. The minimum atomic E-state index is -0.147. The Hall–Kier alpha value is -1.40. The fourth-order valence-electron chi connectivity index (χ4n) is 2.19. The van der Waals surface area contributed by atoms with E-state index in [2.05, 4.69) is 10.4 Å². The molecule has 19 heavy (non-hydrogen) atoms. The highest BCUT2D eigenvalue weighted by atomic mass is 32.1. The molecule has 3 heterocycles. The minimum absolute atomic E-state index is 0.147. The standard InChI is InChI=1S/C13H16FN3OS/c14-13-4-3-12(19-13)7-15-10-6-16-17(8-10)9-11-2-1-5-18-11/h3-4,6,8,11,15H,1-2,5,7,9H2/t11-/m0/s1. The molecule has 1 N–H and O–H groups in total. The number of ether oxygens (including phenoxy) is 1. The van der Waals surface area contributed by atoms with Gasteiger partial charge in [0.05, 0.1) is 24.5 Å². The van der Waals surface area contributed by atoms with E-state index in [-0.39, 0.29) is 5.13 Å². The number of halogens is 1. The van der Waals surface area contributed by atoms with Crippen molar-refractivity contribution in [3.8, 4) is 0 Å². The van der Waals surface area contributed by atoms with Gasteiger partial charge in [0.25, 0.3) is 0 Å². The Morgan fingerprint density at radius 2 is 2.47 bits per heavy atom. The Labute approximate surface area is 115 Å². The van der Waals surface area contributed by atoms with E-state index in [4.69, 9.17) is 4.74 Å². The molecule has 0 amide bonds. The third-order valence-electron chi connectivity index (χ3n) is 3.14. The third kappa shape index (κ3) is 3.33. The molecule has 3 rings (SSSR count). The van der Waals surface area contributed by atoms with Crippen molar-refractivity contribution in [2.45, 2.75) is 32.0 Å². The first-order valence-electron chi connectivity index (χ1n) is 6.42. The van der Waals surface area contributed by atoms with Crippen LogP contribution in [0.15, 0.2) is 24.5 Å². The van der Waals surface area contributed by atoms with Gasteiger partial charge in [0.1, 0.15) is 0 Å². The van der Waals surface area contributed by atoms with Gasteiger partial charge in [-0.05, 0) is 25.0 Å². The molecule has 0 bridgehead atoms. The Morgan fingerprint density at radius 3 is 3.21 bits per heavy atom. The van der Waals surface area contributed by atoms with Crippen molar-refractivity contribution < 1.29 is 9.13 Å². The van der Waals surface area contributed by atoms with Gasteiger partial charge in [0, 0.05) is 24.2 Å². The highest BCUT2D eigenvalue weighted by Gasteiger charge is 2.16. The smallest absolute Gasteiger partial charge is 0.176 e. The maximum Gasteiger partial charge on any atom is 0.176 e. The molecule has 1 saturated heterocycles. The summed E-state index contributed by atoms with van der Waals surface area (Å²) >= 11 is 1.16. The Morgan fingerprint density at radius 1 is 1.53 bits per heavy atom. The molecule has 102 valence electrons. The maximum atomic E-state index is 12.8. The van der Waals surface area contributed by atoms with Gasteiger partial charge in [-0.15, -0.1) is 11.3 Å². The monoisotopic (exact) mass is 281 g/mol. The Balaban J connectivity index is 1.52. The van der Waals surface area contributed by atoms with Crippen LogP contribution in [0.5, 0.6) is 0 Å². The van der Waals surface area contributed by atoms with Crippen molar-refractivity contribution in [1.29, 1.82) is 0 Å². The van der Waals surface area contributed by atoms with Crippen LogP contribution >= 0.6 is 11.3 Å². The summed E-state index contributed by atoms with van der Waals surface area (Å²) in [7, 11) is 0. The largest absolute Gasteiger partial charge is 0.378 e. The molecule has 2 aromatic heterocycles. The molecule has 0 aromatic carbocycles. The van der Waals surface area contributed by atoms with E-state index in [1.165, 1.54) is 6.07 Å². The number of aromatic nitrogens is 2. The number of thiophene rings is 1. The molecule has 1 aliphatic rings. The van der Waals surface area contributed by atoms with Crippen molar-refractivity contribution >= 4 is 17.0 Å². The van der Waals surface area contributed by atoms with Gasteiger partial charge in [-0.25, -0.2) is 0 Å². The molecule has 0 radical (unpaired) electrons. The summed E-state index contributed by atoms with van der Waals surface area (Å²) in [6.45, 7) is 2.29. The molecule has 1 aliphatic heterocycles. The molecule has 6 heteroatoms. The van der Waals surface area contributed by atoms with Crippen LogP contribution in [0, 0.1) is 5.13 Å². The number of nitrogens with one attached hydrogen (secondary N) is 1. The van der Waals surface area contributed by atoms with Crippen molar-refractivity contribution in [2.75, 3.05) is 11.9 Å². The number of nitrogens with zero attached hydrogens (tertiary/aromatic N) is 2. The molecule has 0 unspecified atom stereocenters. The van der Waals surface area contributed by atoms with E-state index in [1.807, 2.05) is 10.9 Å². The summed E-state index contributed by atoms with van der Waals surface area (Å²) in [6.07, 6.45) is 6.29. The average Bonchev–Trinajstić information content (AvgIpc) is 3.10. The van der Waals surface area contributed by atoms with Crippen LogP contribution in [-0.2, 0) is 17.8 Å². The topological polar surface area (TPSA) is 39.1 Å². The fraction of sp³-hybridized carbons (Fsp3) is 0.462. The zero-order valence-corrected chi connectivity index (χ0v) is 11.3. The van der Waals surface area contributed by atoms with Crippen LogP contribution < -0.4 is 5.32 Å². The highest BCUT2D eigenvalue weighted by molar-refractivity contribution is 7.10. The van der Waals surface area contributed by atoms with Crippen LogP contribution in [0.1, 0.15) is 17.7 Å². The second-order valence-corrected chi connectivity index (χ2v) is 5.76. The van der Waals surface area contributed by atoms with E-state index in [0.29, 0.717) is 12.6 Å². The molecular weight excluding hydrogens is 265 g/mol. The van der Waals surface area contributed by atoms with Crippen LogP contribution in [0.25, 0.3) is 0 Å². The number of hydrogen-bond acceptors (Lipinski definition) is 4. The van der Waals surface area contributed by atoms with E-state index in [1.54, 1.807) is 12.3 Å². The molecule has 0 spiro atoms. The number of hydrogen-bond donors (Lipinski definition) is 1. The van der Waals surface area contributed by atoms with Gasteiger partial charge in [-0.2, -0.15) is 9.49 Å². The normalized spacial score (nSPS) is 18.9.